The molecule has 0 saturated heterocycles. The van der Waals surface area contributed by atoms with Gasteiger partial charge in [0.05, 0.1) is 34.5 Å². The van der Waals surface area contributed by atoms with Crippen LogP contribution in [-0.2, 0) is 0 Å². The summed E-state index contributed by atoms with van der Waals surface area (Å²) in [7, 11) is 1.24. The molecule has 0 fully saturated rings. The minimum Gasteiger partial charge on any atom is -0.494 e. The van der Waals surface area contributed by atoms with Crippen LogP contribution in [0.5, 0.6) is 5.75 Å². The highest BCUT2D eigenvalue weighted by Gasteiger charge is 2.29. The first kappa shape index (κ1) is 26.4. The molecule has 3 N–H and O–H groups in total. The van der Waals surface area contributed by atoms with Crippen LogP contribution in [0.3, 0.4) is 0 Å². The number of nitrogens with two attached hydrogens (primary N) is 1. The molecule has 4 heterocycles. The first-order valence-electron chi connectivity index (χ1n) is 12.6. The molecular weight excluding hydrogens is 554 g/mol. The van der Waals surface area contributed by atoms with E-state index in [1.165, 1.54) is 34.8 Å². The molecule has 10 nitrogen and oxygen atoms in total. The van der Waals surface area contributed by atoms with Crippen LogP contribution in [0.4, 0.5) is 14.6 Å². The monoisotopic (exact) mass is 576 g/mol. The number of anilines is 1. The summed E-state index contributed by atoms with van der Waals surface area (Å²) in [5, 5.41) is 8.59. The van der Waals surface area contributed by atoms with Gasteiger partial charge in [0.15, 0.2) is 17.2 Å². The average Bonchev–Trinajstić information content (AvgIpc) is 3.35. The number of ether oxygens (including phenoxy) is 1. The van der Waals surface area contributed by atoms with Crippen LogP contribution in [0.25, 0.3) is 38.9 Å². The van der Waals surface area contributed by atoms with E-state index in [9.17, 15) is 9.18 Å². The molecular formula is C28H23ClF2N8O2. The van der Waals surface area contributed by atoms with Crippen molar-refractivity contribution in [1.82, 2.24) is 34.6 Å². The van der Waals surface area contributed by atoms with Gasteiger partial charge in [-0.05, 0) is 56.5 Å². The molecule has 1 aliphatic rings. The molecule has 0 radical (unpaired) electrons. The number of hydrogen-bond acceptors (Lipinski definition) is 8. The number of rotatable bonds is 5. The number of nitrogen functional groups attached to an aromatic ring is 1. The fraction of sp³-hybridized carbons (Fsp3) is 0.179. The SMILES string of the molecule is COc1ccc(-c2nn(C(C)c3nc4cccc(Cl)c4c(=O)n3C3=CC=CNC3C)c3ncnc(N)c23)c(F)c1F. The van der Waals surface area contributed by atoms with Gasteiger partial charge in [-0.2, -0.15) is 9.49 Å². The molecule has 0 bridgehead atoms. The summed E-state index contributed by atoms with van der Waals surface area (Å²) < 4.78 is 37.9. The third-order valence-corrected chi connectivity index (χ3v) is 7.38. The zero-order valence-corrected chi connectivity index (χ0v) is 22.8. The zero-order valence-electron chi connectivity index (χ0n) is 22.1. The van der Waals surface area contributed by atoms with Gasteiger partial charge in [-0.1, -0.05) is 17.7 Å². The lowest BCUT2D eigenvalue weighted by atomic mass is 10.1. The highest BCUT2D eigenvalue weighted by Crippen LogP contribution is 2.37. The minimum atomic E-state index is -1.17. The Morgan fingerprint density at radius 2 is 1.95 bits per heavy atom. The molecule has 0 amide bonds. The second-order valence-corrected chi connectivity index (χ2v) is 9.86. The fourth-order valence-electron chi connectivity index (χ4n) is 5.02. The van der Waals surface area contributed by atoms with Crippen molar-refractivity contribution in [2.24, 2.45) is 0 Å². The van der Waals surface area contributed by atoms with E-state index in [1.54, 1.807) is 37.4 Å². The molecule has 13 heteroatoms. The molecule has 0 aliphatic carbocycles. The molecule has 2 atom stereocenters. The minimum absolute atomic E-state index is 0.0210. The van der Waals surface area contributed by atoms with Crippen LogP contribution >= 0.6 is 11.6 Å². The predicted octanol–water partition coefficient (Wildman–Crippen LogP) is 4.68. The van der Waals surface area contributed by atoms with Crippen LogP contribution < -0.4 is 21.3 Å². The van der Waals surface area contributed by atoms with Gasteiger partial charge >= 0.3 is 0 Å². The Balaban J connectivity index is 1.65. The summed E-state index contributed by atoms with van der Waals surface area (Å²) in [5.74, 6) is -2.26. The van der Waals surface area contributed by atoms with Gasteiger partial charge in [0.1, 0.15) is 29.7 Å². The smallest absolute Gasteiger partial charge is 0.267 e. The third kappa shape index (κ3) is 4.10. The fourth-order valence-corrected chi connectivity index (χ4v) is 5.27. The molecule has 41 heavy (non-hydrogen) atoms. The van der Waals surface area contributed by atoms with Crippen LogP contribution in [0.15, 0.2) is 59.8 Å². The number of dihydropyridines is 1. The second-order valence-electron chi connectivity index (χ2n) is 9.45. The Hall–Kier alpha value is -4.84. The molecule has 0 spiro atoms. The number of aromatic nitrogens is 6. The number of allylic oxidation sites excluding steroid dienone is 2. The van der Waals surface area contributed by atoms with Gasteiger partial charge in [0.25, 0.3) is 5.56 Å². The number of fused-ring (bicyclic) bond motifs is 2. The Labute approximate surface area is 236 Å². The molecule has 0 saturated carbocycles. The molecule has 5 aromatic rings. The number of nitrogens with zero attached hydrogens (tertiary/aromatic N) is 6. The van der Waals surface area contributed by atoms with E-state index in [0.29, 0.717) is 17.0 Å². The number of methoxy groups -OCH3 is 1. The standard InChI is InChI=1S/C28H23ClF2N8O2/c1-13-18(8-5-11-33-13)38-26(36-17-7-4-6-16(29)20(17)28(38)40)14(2)39-27-21(25(32)34-12-35-27)24(37-39)15-9-10-19(41-3)23(31)22(15)30/h4-14,33H,1-3H3,(H2,32,34,35). The van der Waals surface area contributed by atoms with Crippen LogP contribution in [-0.4, -0.2) is 42.5 Å². The quantitative estimate of drug-likeness (QED) is 0.309. The van der Waals surface area contributed by atoms with Crippen molar-refractivity contribution in [1.29, 1.82) is 0 Å². The van der Waals surface area contributed by atoms with E-state index in [0.717, 1.165) is 0 Å². The molecule has 208 valence electrons. The Kier molecular flexibility index (Phi) is 6.41. The van der Waals surface area contributed by atoms with Crippen molar-refractivity contribution < 1.29 is 13.5 Å². The Morgan fingerprint density at radius 3 is 2.71 bits per heavy atom. The topological polar surface area (TPSA) is 126 Å². The van der Waals surface area contributed by atoms with E-state index in [1.807, 2.05) is 13.0 Å². The Morgan fingerprint density at radius 1 is 1.15 bits per heavy atom. The number of hydrogen-bond donors (Lipinski definition) is 2. The van der Waals surface area contributed by atoms with Gasteiger partial charge in [-0.25, -0.2) is 24.0 Å². The normalized spacial score (nSPS) is 15.7. The van der Waals surface area contributed by atoms with Gasteiger partial charge in [0.2, 0.25) is 5.82 Å². The van der Waals surface area contributed by atoms with Crippen molar-refractivity contribution in [2.45, 2.75) is 25.9 Å². The van der Waals surface area contributed by atoms with E-state index >= 15 is 4.39 Å². The average molecular weight is 577 g/mol. The number of benzene rings is 2. The maximum atomic E-state index is 15.3. The van der Waals surface area contributed by atoms with Gasteiger partial charge in [0, 0.05) is 11.3 Å². The molecule has 2 unspecified atom stereocenters. The van der Waals surface area contributed by atoms with Gasteiger partial charge in [-0.3, -0.25) is 9.36 Å². The third-order valence-electron chi connectivity index (χ3n) is 7.06. The maximum Gasteiger partial charge on any atom is 0.267 e. The van der Waals surface area contributed by atoms with Crippen LogP contribution in [0, 0.1) is 11.6 Å². The Bertz CT molecular complexity index is 1980. The lowest BCUT2D eigenvalue weighted by Crippen LogP contribution is -2.36. The van der Waals surface area contributed by atoms with Gasteiger partial charge < -0.3 is 15.8 Å². The van der Waals surface area contributed by atoms with Crippen molar-refractivity contribution in [3.05, 3.63) is 87.8 Å². The molecule has 3 aromatic heterocycles. The molecule has 6 rings (SSSR count). The highest BCUT2D eigenvalue weighted by molar-refractivity contribution is 6.35. The number of nitrogens with one attached hydrogen (secondary N) is 1. The van der Waals surface area contributed by atoms with Crippen molar-refractivity contribution >= 4 is 45.1 Å². The lowest BCUT2D eigenvalue weighted by Gasteiger charge is -2.26. The molecule has 2 aromatic carbocycles. The summed E-state index contributed by atoms with van der Waals surface area (Å²) in [5.41, 5.74) is 6.97. The lowest BCUT2D eigenvalue weighted by molar-refractivity contribution is 0.372. The summed E-state index contributed by atoms with van der Waals surface area (Å²) in [6, 6.07) is 6.69. The van der Waals surface area contributed by atoms with E-state index < -0.39 is 17.7 Å². The largest absolute Gasteiger partial charge is 0.494 e. The molecule has 1 aliphatic heterocycles. The number of halogens is 3. The first-order valence-corrected chi connectivity index (χ1v) is 13.0. The maximum absolute atomic E-state index is 15.3. The zero-order chi connectivity index (χ0) is 29.0. The van der Waals surface area contributed by atoms with E-state index in [-0.39, 0.29) is 55.9 Å². The summed E-state index contributed by atoms with van der Waals surface area (Å²) >= 11 is 6.45. The van der Waals surface area contributed by atoms with Crippen molar-refractivity contribution in [3.8, 4) is 17.0 Å². The highest BCUT2D eigenvalue weighted by atomic mass is 35.5. The van der Waals surface area contributed by atoms with Crippen molar-refractivity contribution in [2.75, 3.05) is 12.8 Å². The predicted molar refractivity (Wildman–Crippen MR) is 152 cm³/mol. The van der Waals surface area contributed by atoms with Crippen LogP contribution in [0.1, 0.15) is 25.7 Å². The first-order chi connectivity index (χ1) is 19.7. The summed E-state index contributed by atoms with van der Waals surface area (Å²) in [6.45, 7) is 3.68. The van der Waals surface area contributed by atoms with Crippen LogP contribution in [0.2, 0.25) is 5.02 Å². The van der Waals surface area contributed by atoms with E-state index in [4.69, 9.17) is 27.1 Å². The van der Waals surface area contributed by atoms with Gasteiger partial charge in [-0.15, -0.1) is 0 Å². The van der Waals surface area contributed by atoms with Crippen molar-refractivity contribution in [3.63, 3.8) is 0 Å². The summed E-state index contributed by atoms with van der Waals surface area (Å²) in [4.78, 5) is 27.3. The summed E-state index contributed by atoms with van der Waals surface area (Å²) in [6.07, 6.45) is 6.62. The second kappa shape index (κ2) is 9.97. The van der Waals surface area contributed by atoms with E-state index in [2.05, 4.69) is 20.4 Å².